The largest absolute Gasteiger partial charge is 0.488 e. The molecule has 1 amide bonds. The average molecular weight is 285 g/mol. The molecule has 0 bridgehead atoms. The molecule has 1 aromatic heterocycles. The predicted molar refractivity (Wildman–Crippen MR) is 78.4 cm³/mol. The molecule has 0 spiro atoms. The average Bonchev–Trinajstić information content (AvgIpc) is 3.27. The van der Waals surface area contributed by atoms with Crippen molar-refractivity contribution in [1.29, 1.82) is 0 Å². The van der Waals surface area contributed by atoms with Gasteiger partial charge < -0.3 is 15.2 Å². The van der Waals surface area contributed by atoms with Crippen LogP contribution in [0, 0.1) is 0 Å². The van der Waals surface area contributed by atoms with Crippen LogP contribution in [0.15, 0.2) is 42.6 Å². The Labute approximate surface area is 121 Å². The highest BCUT2D eigenvalue weighted by molar-refractivity contribution is 5.85. The first-order chi connectivity index (χ1) is 10.2. The molecule has 6 nitrogen and oxygen atoms in total. The lowest BCUT2D eigenvalue weighted by molar-refractivity contribution is 0.215. The lowest BCUT2D eigenvalue weighted by atomic mass is 10.3. The highest BCUT2D eigenvalue weighted by Gasteiger charge is 2.24. The predicted octanol–water partition coefficient (Wildman–Crippen LogP) is 2.82. The number of pyridine rings is 1. The van der Waals surface area contributed by atoms with Gasteiger partial charge >= 0.3 is 6.09 Å². The number of nitrogen functional groups attached to an aromatic ring is 1. The number of hydrogen-bond donors (Lipinski definition) is 2. The Balaban J connectivity index is 1.65. The summed E-state index contributed by atoms with van der Waals surface area (Å²) in [6.45, 7) is 0. The van der Waals surface area contributed by atoms with Crippen molar-refractivity contribution in [2.75, 3.05) is 11.1 Å². The zero-order valence-corrected chi connectivity index (χ0v) is 11.3. The van der Waals surface area contributed by atoms with Gasteiger partial charge in [0.2, 0.25) is 0 Å². The molecular weight excluding hydrogens is 270 g/mol. The number of hydrogen-bond acceptors (Lipinski definition) is 5. The number of para-hydroxylation sites is 1. The van der Waals surface area contributed by atoms with E-state index < -0.39 is 6.09 Å². The zero-order valence-electron chi connectivity index (χ0n) is 11.3. The Morgan fingerprint density at radius 1 is 1.29 bits per heavy atom. The van der Waals surface area contributed by atoms with Crippen LogP contribution in [0.2, 0.25) is 0 Å². The number of carbonyl (C=O) groups excluding carboxylic acids is 1. The van der Waals surface area contributed by atoms with Crippen LogP contribution in [0.25, 0.3) is 0 Å². The highest BCUT2D eigenvalue weighted by atomic mass is 16.6. The Morgan fingerprint density at radius 3 is 2.76 bits per heavy atom. The van der Waals surface area contributed by atoms with Crippen LogP contribution in [0.4, 0.5) is 16.3 Å². The molecule has 21 heavy (non-hydrogen) atoms. The van der Waals surface area contributed by atoms with Gasteiger partial charge in [-0.1, -0.05) is 18.2 Å². The fraction of sp³-hybridized carbons (Fsp3) is 0.200. The SMILES string of the molecule is Nc1cnc(NC(=O)Oc2ccccc2)cc1OC1CC1. The van der Waals surface area contributed by atoms with Crippen molar-refractivity contribution >= 4 is 17.6 Å². The van der Waals surface area contributed by atoms with E-state index in [2.05, 4.69) is 10.3 Å². The molecule has 1 aromatic carbocycles. The number of carbonyl (C=O) groups is 1. The van der Waals surface area contributed by atoms with Gasteiger partial charge in [-0.15, -0.1) is 0 Å². The van der Waals surface area contributed by atoms with E-state index in [-0.39, 0.29) is 6.10 Å². The number of aromatic nitrogens is 1. The fourth-order valence-electron chi connectivity index (χ4n) is 1.71. The van der Waals surface area contributed by atoms with E-state index in [1.165, 1.54) is 6.20 Å². The molecule has 0 atom stereocenters. The molecule has 3 rings (SSSR count). The Hall–Kier alpha value is -2.76. The zero-order chi connectivity index (χ0) is 14.7. The number of benzene rings is 1. The third kappa shape index (κ3) is 3.62. The lowest BCUT2D eigenvalue weighted by Crippen LogP contribution is -2.17. The molecule has 0 radical (unpaired) electrons. The highest BCUT2D eigenvalue weighted by Crippen LogP contribution is 2.31. The number of nitrogens with zero attached hydrogens (tertiary/aromatic N) is 1. The van der Waals surface area contributed by atoms with E-state index in [0.717, 1.165) is 12.8 Å². The third-order valence-corrected chi connectivity index (χ3v) is 2.90. The molecule has 108 valence electrons. The quantitative estimate of drug-likeness (QED) is 0.902. The molecule has 0 aliphatic heterocycles. The summed E-state index contributed by atoms with van der Waals surface area (Å²) in [6.07, 6.45) is 3.12. The Morgan fingerprint density at radius 2 is 2.05 bits per heavy atom. The van der Waals surface area contributed by atoms with Crippen molar-refractivity contribution in [1.82, 2.24) is 4.98 Å². The van der Waals surface area contributed by atoms with Crippen molar-refractivity contribution in [3.8, 4) is 11.5 Å². The summed E-state index contributed by atoms with van der Waals surface area (Å²) in [5.74, 6) is 1.32. The minimum absolute atomic E-state index is 0.221. The maximum Gasteiger partial charge on any atom is 0.418 e. The van der Waals surface area contributed by atoms with Crippen LogP contribution in [0.1, 0.15) is 12.8 Å². The number of amides is 1. The minimum atomic E-state index is -0.615. The molecule has 0 unspecified atom stereocenters. The maximum atomic E-state index is 11.8. The third-order valence-electron chi connectivity index (χ3n) is 2.90. The second-order valence-electron chi connectivity index (χ2n) is 4.75. The van der Waals surface area contributed by atoms with Gasteiger partial charge in [0, 0.05) is 6.07 Å². The van der Waals surface area contributed by atoms with Gasteiger partial charge in [0.1, 0.15) is 17.3 Å². The Bertz CT molecular complexity index is 642. The van der Waals surface area contributed by atoms with E-state index in [4.69, 9.17) is 15.2 Å². The molecule has 3 N–H and O–H groups in total. The van der Waals surface area contributed by atoms with Crippen molar-refractivity contribution in [2.24, 2.45) is 0 Å². The smallest absolute Gasteiger partial charge is 0.418 e. The minimum Gasteiger partial charge on any atom is -0.488 e. The normalized spacial score (nSPS) is 13.5. The second-order valence-corrected chi connectivity index (χ2v) is 4.75. The number of ether oxygens (including phenoxy) is 2. The first kappa shape index (κ1) is 13.2. The molecule has 1 saturated carbocycles. The lowest BCUT2D eigenvalue weighted by Gasteiger charge is -2.10. The van der Waals surface area contributed by atoms with E-state index in [9.17, 15) is 4.79 Å². The number of anilines is 2. The molecule has 1 aliphatic carbocycles. The molecule has 2 aromatic rings. The van der Waals surface area contributed by atoms with Crippen molar-refractivity contribution < 1.29 is 14.3 Å². The molecule has 6 heteroatoms. The van der Waals surface area contributed by atoms with Gasteiger partial charge in [-0.2, -0.15) is 0 Å². The monoisotopic (exact) mass is 285 g/mol. The van der Waals surface area contributed by atoms with Gasteiger partial charge in [-0.3, -0.25) is 5.32 Å². The van der Waals surface area contributed by atoms with Gasteiger partial charge in [0.25, 0.3) is 0 Å². The molecular formula is C15H15N3O3. The van der Waals surface area contributed by atoms with Gasteiger partial charge in [-0.25, -0.2) is 9.78 Å². The number of nitrogens with two attached hydrogens (primary N) is 1. The van der Waals surface area contributed by atoms with Crippen LogP contribution in [-0.2, 0) is 0 Å². The second kappa shape index (κ2) is 5.70. The van der Waals surface area contributed by atoms with Crippen molar-refractivity contribution in [3.63, 3.8) is 0 Å². The van der Waals surface area contributed by atoms with E-state index in [1.807, 2.05) is 6.07 Å². The molecule has 1 heterocycles. The van der Waals surface area contributed by atoms with Crippen molar-refractivity contribution in [2.45, 2.75) is 18.9 Å². The first-order valence-corrected chi connectivity index (χ1v) is 6.67. The van der Waals surface area contributed by atoms with Crippen LogP contribution in [0.3, 0.4) is 0 Å². The molecule has 0 saturated heterocycles. The summed E-state index contributed by atoms with van der Waals surface area (Å²) < 4.78 is 10.8. The van der Waals surface area contributed by atoms with Crippen LogP contribution < -0.4 is 20.5 Å². The fourth-order valence-corrected chi connectivity index (χ4v) is 1.71. The van der Waals surface area contributed by atoms with Crippen molar-refractivity contribution in [3.05, 3.63) is 42.6 Å². The summed E-state index contributed by atoms with van der Waals surface area (Å²) in [5.41, 5.74) is 6.24. The summed E-state index contributed by atoms with van der Waals surface area (Å²) in [6, 6.07) is 10.4. The van der Waals surface area contributed by atoms with Gasteiger partial charge in [-0.05, 0) is 25.0 Å². The number of rotatable bonds is 4. The molecule has 1 fully saturated rings. The van der Waals surface area contributed by atoms with Gasteiger partial charge in [0.15, 0.2) is 0 Å². The number of nitrogens with one attached hydrogen (secondary N) is 1. The standard InChI is InChI=1S/C15H15N3O3/c16-12-9-17-14(8-13(12)20-11-6-7-11)18-15(19)21-10-4-2-1-3-5-10/h1-5,8-9,11H,6-7,16H2,(H,17,18,19). The van der Waals surface area contributed by atoms with E-state index in [1.54, 1.807) is 30.3 Å². The summed E-state index contributed by atoms with van der Waals surface area (Å²) in [7, 11) is 0. The summed E-state index contributed by atoms with van der Waals surface area (Å²) >= 11 is 0. The first-order valence-electron chi connectivity index (χ1n) is 6.67. The maximum absolute atomic E-state index is 11.8. The van der Waals surface area contributed by atoms with Crippen LogP contribution in [0.5, 0.6) is 11.5 Å². The van der Waals surface area contributed by atoms with Crippen LogP contribution >= 0.6 is 0 Å². The van der Waals surface area contributed by atoms with E-state index >= 15 is 0 Å². The summed E-state index contributed by atoms with van der Waals surface area (Å²) in [5, 5.41) is 2.54. The topological polar surface area (TPSA) is 86.5 Å². The van der Waals surface area contributed by atoms with Crippen LogP contribution in [-0.4, -0.2) is 17.2 Å². The van der Waals surface area contributed by atoms with Gasteiger partial charge in [0.05, 0.1) is 18.0 Å². The van der Waals surface area contributed by atoms with E-state index in [0.29, 0.717) is 23.0 Å². The Kier molecular flexibility index (Phi) is 3.59. The molecule has 1 aliphatic rings. The summed E-state index contributed by atoms with van der Waals surface area (Å²) in [4.78, 5) is 15.8.